The number of ether oxygens (including phenoxy) is 2. The van der Waals surface area contributed by atoms with E-state index in [1.807, 2.05) is 37.1 Å². The smallest absolute Gasteiger partial charge is 0.237 e. The van der Waals surface area contributed by atoms with E-state index in [-0.39, 0.29) is 11.9 Å². The number of rotatable bonds is 7. The molecule has 1 aromatic carbocycles. The van der Waals surface area contributed by atoms with Crippen LogP contribution in [0.5, 0.6) is 11.5 Å². The Bertz CT molecular complexity index is 541. The lowest BCUT2D eigenvalue weighted by Gasteiger charge is -2.28. The molecule has 2 rings (SSSR count). The number of nitrogens with zero attached hydrogens (tertiary/aromatic N) is 1. The summed E-state index contributed by atoms with van der Waals surface area (Å²) in [5, 5.41) is 3.20. The molecule has 1 atom stereocenters. The van der Waals surface area contributed by atoms with Gasteiger partial charge in [-0.25, -0.2) is 0 Å². The molecule has 1 aromatic rings. The molecule has 0 bridgehead atoms. The van der Waals surface area contributed by atoms with Crippen molar-refractivity contribution in [1.82, 2.24) is 10.2 Å². The lowest BCUT2D eigenvalue weighted by atomic mass is 9.95. The number of carbonyl (C=O) groups is 1. The zero-order chi connectivity index (χ0) is 17.5. The number of hydrogen-bond acceptors (Lipinski definition) is 4. The number of hydrogen-bond donors (Lipinski definition) is 1. The van der Waals surface area contributed by atoms with Crippen molar-refractivity contribution in [2.24, 2.45) is 0 Å². The normalized spacial score (nSPS) is 16.7. The lowest BCUT2D eigenvalue weighted by molar-refractivity contribution is -0.126. The van der Waals surface area contributed by atoms with E-state index < -0.39 is 0 Å². The number of amides is 1. The highest BCUT2D eigenvalue weighted by Crippen LogP contribution is 2.26. The van der Waals surface area contributed by atoms with E-state index in [9.17, 15) is 4.79 Å². The molecule has 1 N–H and O–H groups in total. The van der Waals surface area contributed by atoms with E-state index >= 15 is 0 Å². The molecule has 0 radical (unpaired) electrons. The van der Waals surface area contributed by atoms with Gasteiger partial charge in [-0.1, -0.05) is 25.3 Å². The Morgan fingerprint density at radius 2 is 1.96 bits per heavy atom. The molecule has 0 unspecified atom stereocenters. The second-order valence-corrected chi connectivity index (χ2v) is 6.61. The van der Waals surface area contributed by atoms with Crippen molar-refractivity contribution in [2.75, 3.05) is 21.3 Å². The number of methoxy groups -OCH3 is 2. The fourth-order valence-electron chi connectivity index (χ4n) is 3.16. The summed E-state index contributed by atoms with van der Waals surface area (Å²) in [5.41, 5.74) is 1.04. The summed E-state index contributed by atoms with van der Waals surface area (Å²) >= 11 is 0. The highest BCUT2D eigenvalue weighted by Gasteiger charge is 2.23. The molecule has 5 heteroatoms. The fraction of sp³-hybridized carbons (Fsp3) is 0.632. The van der Waals surface area contributed by atoms with Gasteiger partial charge in [0, 0.05) is 24.2 Å². The summed E-state index contributed by atoms with van der Waals surface area (Å²) < 4.78 is 10.7. The number of carbonyl (C=O) groups excluding carboxylic acids is 1. The highest BCUT2D eigenvalue weighted by atomic mass is 16.5. The third kappa shape index (κ3) is 4.87. The largest absolute Gasteiger partial charge is 0.497 e. The minimum absolute atomic E-state index is 0.108. The molecule has 0 aromatic heterocycles. The first kappa shape index (κ1) is 18.6. The van der Waals surface area contributed by atoms with Gasteiger partial charge >= 0.3 is 0 Å². The number of nitrogens with one attached hydrogen (secondary N) is 1. The quantitative estimate of drug-likeness (QED) is 0.833. The Labute approximate surface area is 145 Å². The van der Waals surface area contributed by atoms with Crippen molar-refractivity contribution in [3.8, 4) is 11.5 Å². The summed E-state index contributed by atoms with van der Waals surface area (Å²) in [6.07, 6.45) is 5.94. The predicted octanol–water partition coefficient (Wildman–Crippen LogP) is 2.97. The van der Waals surface area contributed by atoms with Crippen LogP contribution in [0.4, 0.5) is 0 Å². The SMILES string of the molecule is COc1ccc(CN(C)[C@H](C)C(=O)NC2CCCCC2)c(OC)c1. The molecule has 1 saturated carbocycles. The monoisotopic (exact) mass is 334 g/mol. The number of likely N-dealkylation sites (N-methyl/N-ethyl adjacent to an activating group) is 1. The van der Waals surface area contributed by atoms with Gasteiger partial charge in [-0.3, -0.25) is 9.69 Å². The summed E-state index contributed by atoms with van der Waals surface area (Å²) in [5.74, 6) is 1.65. The maximum atomic E-state index is 12.5. The van der Waals surface area contributed by atoms with Crippen molar-refractivity contribution in [3.63, 3.8) is 0 Å². The van der Waals surface area contributed by atoms with Gasteiger partial charge in [0.25, 0.3) is 0 Å². The van der Waals surface area contributed by atoms with Crippen LogP contribution in [0.1, 0.15) is 44.6 Å². The second-order valence-electron chi connectivity index (χ2n) is 6.61. The van der Waals surface area contributed by atoms with Crippen molar-refractivity contribution < 1.29 is 14.3 Å². The van der Waals surface area contributed by atoms with Crippen LogP contribution in [0.3, 0.4) is 0 Å². The molecule has 1 aliphatic rings. The first-order valence-electron chi connectivity index (χ1n) is 8.76. The fourth-order valence-corrected chi connectivity index (χ4v) is 3.16. The van der Waals surface area contributed by atoms with Crippen LogP contribution in [-0.4, -0.2) is 44.2 Å². The Balaban J connectivity index is 1.95. The number of benzene rings is 1. The van der Waals surface area contributed by atoms with E-state index in [0.717, 1.165) is 29.9 Å². The molecule has 1 aliphatic carbocycles. The van der Waals surface area contributed by atoms with Gasteiger partial charge in [0.05, 0.1) is 20.3 Å². The van der Waals surface area contributed by atoms with Gasteiger partial charge in [-0.2, -0.15) is 0 Å². The molecule has 1 amide bonds. The molecular weight excluding hydrogens is 304 g/mol. The van der Waals surface area contributed by atoms with Gasteiger partial charge in [-0.15, -0.1) is 0 Å². The van der Waals surface area contributed by atoms with Crippen LogP contribution in [0.25, 0.3) is 0 Å². The van der Waals surface area contributed by atoms with E-state index in [1.165, 1.54) is 19.3 Å². The van der Waals surface area contributed by atoms with Gasteiger partial charge in [0.1, 0.15) is 11.5 Å². The molecule has 24 heavy (non-hydrogen) atoms. The van der Waals surface area contributed by atoms with Gasteiger partial charge < -0.3 is 14.8 Å². The van der Waals surface area contributed by atoms with Crippen LogP contribution in [0.15, 0.2) is 18.2 Å². The summed E-state index contributed by atoms with van der Waals surface area (Å²) in [7, 11) is 5.25. The van der Waals surface area contributed by atoms with Crippen molar-refractivity contribution in [3.05, 3.63) is 23.8 Å². The van der Waals surface area contributed by atoms with Crippen LogP contribution in [0, 0.1) is 0 Å². The summed E-state index contributed by atoms with van der Waals surface area (Å²) in [6, 6.07) is 5.94. The first-order valence-corrected chi connectivity index (χ1v) is 8.76. The summed E-state index contributed by atoms with van der Waals surface area (Å²) in [6.45, 7) is 2.60. The maximum absolute atomic E-state index is 12.5. The average Bonchev–Trinajstić information content (AvgIpc) is 2.62. The van der Waals surface area contributed by atoms with E-state index in [1.54, 1.807) is 14.2 Å². The zero-order valence-electron chi connectivity index (χ0n) is 15.3. The topological polar surface area (TPSA) is 50.8 Å². The molecule has 0 heterocycles. The van der Waals surface area contributed by atoms with Crippen molar-refractivity contribution in [1.29, 1.82) is 0 Å². The molecule has 0 aliphatic heterocycles. The molecule has 1 fully saturated rings. The van der Waals surface area contributed by atoms with Crippen LogP contribution in [0.2, 0.25) is 0 Å². The minimum atomic E-state index is -0.182. The van der Waals surface area contributed by atoms with Crippen molar-refractivity contribution in [2.45, 2.75) is 57.7 Å². The van der Waals surface area contributed by atoms with Gasteiger partial charge in [0.15, 0.2) is 0 Å². The zero-order valence-corrected chi connectivity index (χ0v) is 15.3. The highest BCUT2D eigenvalue weighted by molar-refractivity contribution is 5.81. The molecule has 5 nitrogen and oxygen atoms in total. The molecule has 134 valence electrons. The van der Waals surface area contributed by atoms with E-state index in [4.69, 9.17) is 9.47 Å². The van der Waals surface area contributed by atoms with Crippen LogP contribution >= 0.6 is 0 Å². The Morgan fingerprint density at radius 3 is 2.58 bits per heavy atom. The van der Waals surface area contributed by atoms with Gasteiger partial charge in [0.2, 0.25) is 5.91 Å². The van der Waals surface area contributed by atoms with Crippen LogP contribution < -0.4 is 14.8 Å². The standard InChI is InChI=1S/C19H30N2O3/c1-14(19(22)20-16-8-6-5-7-9-16)21(2)13-15-10-11-17(23-3)12-18(15)24-4/h10-12,14,16H,5-9,13H2,1-4H3,(H,20,22)/t14-/m1/s1. The third-order valence-electron chi connectivity index (χ3n) is 4.91. The van der Waals surface area contributed by atoms with E-state index in [0.29, 0.717) is 12.6 Å². The van der Waals surface area contributed by atoms with Gasteiger partial charge in [-0.05, 0) is 32.9 Å². The van der Waals surface area contributed by atoms with E-state index in [2.05, 4.69) is 5.32 Å². The second kappa shape index (κ2) is 8.92. The average molecular weight is 334 g/mol. The Kier molecular flexibility index (Phi) is 6.91. The Morgan fingerprint density at radius 1 is 1.25 bits per heavy atom. The van der Waals surface area contributed by atoms with Crippen molar-refractivity contribution >= 4 is 5.91 Å². The van der Waals surface area contributed by atoms with Crippen LogP contribution in [-0.2, 0) is 11.3 Å². The molecule has 0 spiro atoms. The molecule has 0 saturated heterocycles. The minimum Gasteiger partial charge on any atom is -0.497 e. The predicted molar refractivity (Wildman–Crippen MR) is 95.5 cm³/mol. The first-order chi connectivity index (χ1) is 11.5. The maximum Gasteiger partial charge on any atom is 0.237 e. The molecular formula is C19H30N2O3. The Hall–Kier alpha value is -1.75. The summed E-state index contributed by atoms with van der Waals surface area (Å²) in [4.78, 5) is 14.5. The third-order valence-corrected chi connectivity index (χ3v) is 4.91. The lowest BCUT2D eigenvalue weighted by Crippen LogP contribution is -2.47.